The van der Waals surface area contributed by atoms with Crippen LogP contribution in [0.5, 0.6) is 5.75 Å². The number of ether oxygens (including phenoxy) is 1. The second-order valence-corrected chi connectivity index (χ2v) is 16.1. The first-order chi connectivity index (χ1) is 26.1. The Morgan fingerprint density at radius 3 is 2.26 bits per heavy atom. The predicted octanol–water partition coefficient (Wildman–Crippen LogP) is 9.18. The molecule has 7 nitrogen and oxygen atoms in total. The molecule has 0 unspecified atom stereocenters. The van der Waals surface area contributed by atoms with Gasteiger partial charge in [-0.05, 0) is 115 Å². The minimum absolute atomic E-state index is 0.109. The van der Waals surface area contributed by atoms with E-state index in [1.807, 2.05) is 38.1 Å². The number of alkyl halides is 3. The second-order valence-electron chi connectivity index (χ2n) is 16.1. The Bertz CT molecular complexity index is 1960. The van der Waals surface area contributed by atoms with Crippen molar-refractivity contribution < 1.29 is 22.7 Å². The van der Waals surface area contributed by atoms with Crippen molar-refractivity contribution in [3.05, 3.63) is 89.0 Å². The molecule has 3 saturated heterocycles. The molecule has 4 aromatic rings. The van der Waals surface area contributed by atoms with Crippen LogP contribution >= 0.6 is 0 Å². The minimum Gasteiger partial charge on any atom is -0.489 e. The largest absolute Gasteiger partial charge is 0.489 e. The van der Waals surface area contributed by atoms with E-state index in [4.69, 9.17) is 9.72 Å². The molecule has 1 amide bonds. The lowest BCUT2D eigenvalue weighted by Crippen LogP contribution is -2.46. The number of likely N-dealkylation sites (tertiary alicyclic amines) is 2. The van der Waals surface area contributed by atoms with E-state index in [1.54, 1.807) is 6.07 Å². The summed E-state index contributed by atoms with van der Waals surface area (Å²) in [6.45, 7) is 10.1. The van der Waals surface area contributed by atoms with Gasteiger partial charge in [-0.2, -0.15) is 13.2 Å². The number of carbonyl (C=O) groups is 1. The summed E-state index contributed by atoms with van der Waals surface area (Å²) in [6.07, 6.45) is 4.96. The van der Waals surface area contributed by atoms with Gasteiger partial charge >= 0.3 is 6.18 Å². The summed E-state index contributed by atoms with van der Waals surface area (Å²) < 4.78 is 49.0. The van der Waals surface area contributed by atoms with Gasteiger partial charge in [0.05, 0.1) is 39.7 Å². The van der Waals surface area contributed by atoms with Crippen LogP contribution in [0.2, 0.25) is 0 Å². The number of anilines is 1. The third kappa shape index (κ3) is 7.69. The fourth-order valence-electron chi connectivity index (χ4n) is 8.97. The van der Waals surface area contributed by atoms with Gasteiger partial charge in [-0.15, -0.1) is 0 Å². The molecule has 1 saturated carbocycles. The molecule has 0 bridgehead atoms. The van der Waals surface area contributed by atoms with Crippen molar-refractivity contribution >= 4 is 22.5 Å². The van der Waals surface area contributed by atoms with Gasteiger partial charge in [0.1, 0.15) is 5.75 Å². The lowest BCUT2D eigenvalue weighted by atomic mass is 9.92. The predicted molar refractivity (Wildman–Crippen MR) is 208 cm³/mol. The van der Waals surface area contributed by atoms with E-state index >= 15 is 4.79 Å². The fourth-order valence-corrected chi connectivity index (χ4v) is 8.97. The Kier molecular flexibility index (Phi) is 10.3. The SMILES string of the molecule is CC(C)Oc1cc2nc(-c3cccc(C(F)(F)F)c3)c(CN3CCC(N4CCCCC4)CC3)c(C(=O)NC3(c4ccccc4)CC3)c2cc1N1CCCC1. The number of pyridine rings is 1. The Labute approximate surface area is 316 Å². The number of nitrogens with zero attached hydrogens (tertiary/aromatic N) is 4. The minimum atomic E-state index is -4.53. The molecule has 0 spiro atoms. The van der Waals surface area contributed by atoms with Crippen molar-refractivity contribution in [2.75, 3.05) is 44.2 Å². The zero-order valence-electron chi connectivity index (χ0n) is 31.6. The van der Waals surface area contributed by atoms with E-state index in [9.17, 15) is 13.2 Å². The van der Waals surface area contributed by atoms with Crippen LogP contribution in [0.4, 0.5) is 18.9 Å². The van der Waals surface area contributed by atoms with Gasteiger partial charge in [0.2, 0.25) is 0 Å². The van der Waals surface area contributed by atoms with Crippen LogP contribution in [0.3, 0.4) is 0 Å². The van der Waals surface area contributed by atoms with E-state index in [2.05, 4.69) is 38.2 Å². The van der Waals surface area contributed by atoms with Crippen molar-refractivity contribution in [2.24, 2.45) is 0 Å². The van der Waals surface area contributed by atoms with Crippen LogP contribution in [0.1, 0.15) is 98.7 Å². The zero-order chi connectivity index (χ0) is 37.5. The molecular formula is C44H52F3N5O2. The summed E-state index contributed by atoms with van der Waals surface area (Å²) in [5.41, 5.74) is 3.19. The molecule has 4 aliphatic rings. The lowest BCUT2D eigenvalue weighted by molar-refractivity contribution is -0.137. The van der Waals surface area contributed by atoms with Crippen molar-refractivity contribution in [1.82, 2.24) is 20.1 Å². The van der Waals surface area contributed by atoms with Gasteiger partial charge in [-0.1, -0.05) is 48.9 Å². The fraction of sp³-hybridized carbons (Fsp3) is 0.500. The average molecular weight is 740 g/mol. The summed E-state index contributed by atoms with van der Waals surface area (Å²) >= 11 is 0. The number of halogens is 3. The summed E-state index contributed by atoms with van der Waals surface area (Å²) in [5, 5.41) is 4.15. The average Bonchev–Trinajstić information content (AvgIpc) is 3.74. The standard InChI is InChI=1S/C44H52F3N5O2/c1-30(2)54-39-28-37-35(27-38(39)52-22-9-10-23-52)40(42(53)49-43(18-19-43)32-13-5-3-6-14-32)36(41(48-37)31-12-11-15-33(26-31)44(45,46)47)29-50-24-16-34(17-25-50)51-20-7-4-8-21-51/h3,5-6,11-15,26-28,30,34H,4,7-10,16-25,29H2,1-2H3,(H,49,53). The van der Waals surface area contributed by atoms with Gasteiger partial charge < -0.3 is 19.9 Å². The molecule has 0 radical (unpaired) electrons. The smallest absolute Gasteiger partial charge is 0.416 e. The third-order valence-electron chi connectivity index (χ3n) is 11.9. The highest BCUT2D eigenvalue weighted by Gasteiger charge is 2.46. The quantitative estimate of drug-likeness (QED) is 0.175. The molecule has 10 heteroatoms. The molecule has 4 heterocycles. The molecule has 1 aliphatic carbocycles. The Morgan fingerprint density at radius 2 is 1.59 bits per heavy atom. The Balaban J connectivity index is 1.29. The molecule has 8 rings (SSSR count). The second kappa shape index (κ2) is 15.2. The van der Waals surface area contributed by atoms with Crippen LogP contribution in [-0.2, 0) is 18.3 Å². The Hall–Kier alpha value is -4.15. The van der Waals surface area contributed by atoms with E-state index in [0.717, 1.165) is 95.1 Å². The van der Waals surface area contributed by atoms with E-state index in [-0.39, 0.29) is 12.0 Å². The molecule has 3 aromatic carbocycles. The highest BCUT2D eigenvalue weighted by Crippen LogP contribution is 2.47. The number of fused-ring (bicyclic) bond motifs is 1. The number of hydrogen-bond donors (Lipinski definition) is 1. The van der Waals surface area contributed by atoms with E-state index in [0.29, 0.717) is 51.6 Å². The summed E-state index contributed by atoms with van der Waals surface area (Å²) in [6, 6.07) is 20.0. The number of carbonyl (C=O) groups excluding carboxylic acids is 1. The monoisotopic (exact) mass is 739 g/mol. The molecule has 1 N–H and O–H groups in total. The number of piperidine rings is 2. The third-order valence-corrected chi connectivity index (χ3v) is 11.9. The van der Waals surface area contributed by atoms with Crippen molar-refractivity contribution in [1.29, 1.82) is 0 Å². The molecule has 0 atom stereocenters. The highest BCUT2D eigenvalue weighted by molar-refractivity contribution is 6.10. The van der Waals surface area contributed by atoms with Gasteiger partial charge in [0, 0.05) is 48.3 Å². The Morgan fingerprint density at radius 1 is 0.889 bits per heavy atom. The maximum Gasteiger partial charge on any atom is 0.416 e. The van der Waals surface area contributed by atoms with Crippen molar-refractivity contribution in [3.63, 3.8) is 0 Å². The van der Waals surface area contributed by atoms with Gasteiger partial charge in [-0.25, -0.2) is 4.98 Å². The summed E-state index contributed by atoms with van der Waals surface area (Å²) in [5.74, 6) is 0.448. The molecule has 4 fully saturated rings. The van der Waals surface area contributed by atoms with Gasteiger partial charge in [-0.3, -0.25) is 9.69 Å². The van der Waals surface area contributed by atoms with Gasteiger partial charge in [0.25, 0.3) is 5.91 Å². The summed E-state index contributed by atoms with van der Waals surface area (Å²) in [4.78, 5) is 27.6. The molecular weight excluding hydrogens is 688 g/mol. The zero-order valence-corrected chi connectivity index (χ0v) is 31.6. The first-order valence-electron chi connectivity index (χ1n) is 20.0. The first-order valence-corrected chi connectivity index (χ1v) is 20.0. The molecule has 286 valence electrons. The van der Waals surface area contributed by atoms with Crippen LogP contribution in [-0.4, -0.2) is 72.1 Å². The number of aromatic nitrogens is 1. The number of benzene rings is 3. The maximum atomic E-state index is 15.1. The lowest BCUT2D eigenvalue weighted by Gasteiger charge is -2.40. The normalized spacial score (nSPS) is 19.8. The van der Waals surface area contributed by atoms with Crippen molar-refractivity contribution in [2.45, 2.75) is 102 Å². The number of nitrogens with one attached hydrogen (secondary N) is 1. The van der Waals surface area contributed by atoms with Gasteiger partial charge in [0.15, 0.2) is 0 Å². The van der Waals surface area contributed by atoms with E-state index in [1.165, 1.54) is 31.4 Å². The van der Waals surface area contributed by atoms with Crippen molar-refractivity contribution in [3.8, 4) is 17.0 Å². The number of amides is 1. The highest BCUT2D eigenvalue weighted by atomic mass is 19.4. The van der Waals surface area contributed by atoms with Crippen LogP contribution in [0.25, 0.3) is 22.2 Å². The first kappa shape index (κ1) is 36.8. The number of hydrogen-bond acceptors (Lipinski definition) is 6. The molecule has 54 heavy (non-hydrogen) atoms. The van der Waals surface area contributed by atoms with Crippen LogP contribution < -0.4 is 15.0 Å². The van der Waals surface area contributed by atoms with Crippen LogP contribution in [0, 0.1) is 0 Å². The molecule has 1 aromatic heterocycles. The van der Waals surface area contributed by atoms with E-state index < -0.39 is 17.3 Å². The molecule has 3 aliphatic heterocycles. The maximum absolute atomic E-state index is 15.1. The summed E-state index contributed by atoms with van der Waals surface area (Å²) in [7, 11) is 0. The number of rotatable bonds is 10. The van der Waals surface area contributed by atoms with Crippen LogP contribution in [0.15, 0.2) is 66.7 Å². The topological polar surface area (TPSA) is 60.9 Å².